The number of fused-ring (bicyclic) bond motifs is 1. The van der Waals surface area contributed by atoms with Crippen molar-refractivity contribution in [1.29, 1.82) is 5.26 Å². The maximum atomic E-state index is 13.6. The first-order valence-corrected chi connectivity index (χ1v) is 14.0. The molecule has 1 aromatic heterocycles. The number of carbonyl (C=O) groups excluding carboxylic acids is 2. The van der Waals surface area contributed by atoms with E-state index in [9.17, 15) is 23.6 Å². The van der Waals surface area contributed by atoms with E-state index in [1.54, 1.807) is 28.8 Å². The van der Waals surface area contributed by atoms with Crippen LogP contribution in [0.5, 0.6) is 0 Å². The minimum atomic E-state index is -0.670. The minimum Gasteiger partial charge on any atom is -0.347 e. The van der Waals surface area contributed by atoms with Crippen LogP contribution in [0.2, 0.25) is 0 Å². The second-order valence-electron chi connectivity index (χ2n) is 11.2. The normalized spacial score (nSPS) is 18.6. The zero-order valence-corrected chi connectivity index (χ0v) is 23.1. The third-order valence-corrected chi connectivity index (χ3v) is 7.83. The first-order valence-electron chi connectivity index (χ1n) is 14.0. The number of urea groups is 1. The van der Waals surface area contributed by atoms with Crippen molar-refractivity contribution in [2.45, 2.75) is 77.0 Å². The number of anilines is 1. The molecule has 3 aromatic rings. The molecular weight excluding hydrogens is 527 g/mol. The predicted molar refractivity (Wildman–Crippen MR) is 152 cm³/mol. The van der Waals surface area contributed by atoms with E-state index in [2.05, 4.69) is 16.0 Å². The highest BCUT2D eigenvalue weighted by Gasteiger charge is 2.29. The van der Waals surface area contributed by atoms with Crippen molar-refractivity contribution in [1.82, 2.24) is 19.8 Å². The van der Waals surface area contributed by atoms with Crippen LogP contribution in [0.1, 0.15) is 74.3 Å². The van der Waals surface area contributed by atoms with Crippen molar-refractivity contribution in [3.05, 3.63) is 74.2 Å². The predicted octanol–water partition coefficient (Wildman–Crippen LogP) is 4.03. The lowest BCUT2D eigenvalue weighted by Gasteiger charge is -2.32. The number of nitrogens with one attached hydrogen (secondary N) is 3. The van der Waals surface area contributed by atoms with Gasteiger partial charge >= 0.3 is 11.7 Å². The molecule has 3 N–H and O–H groups in total. The van der Waals surface area contributed by atoms with Gasteiger partial charge in [0.25, 0.3) is 11.5 Å². The first kappa shape index (κ1) is 28.1. The molecule has 10 nitrogen and oxygen atoms in total. The number of aromatic nitrogens is 2. The summed E-state index contributed by atoms with van der Waals surface area (Å²) < 4.78 is 16.5. The van der Waals surface area contributed by atoms with Gasteiger partial charge in [-0.2, -0.15) is 5.26 Å². The fraction of sp³-hybridized carbons (Fsp3) is 0.433. The second-order valence-corrected chi connectivity index (χ2v) is 11.2. The van der Waals surface area contributed by atoms with E-state index in [4.69, 9.17) is 5.26 Å². The molecule has 0 spiro atoms. The number of halogens is 1. The van der Waals surface area contributed by atoms with Crippen LogP contribution in [0.3, 0.4) is 0 Å². The molecule has 1 heterocycles. The summed E-state index contributed by atoms with van der Waals surface area (Å²) in [5, 5.41) is 17.9. The van der Waals surface area contributed by atoms with Crippen LogP contribution in [0.4, 0.5) is 14.9 Å². The summed E-state index contributed by atoms with van der Waals surface area (Å²) in [6.45, 7) is 4.15. The number of hydrogen-bond acceptors (Lipinski definition) is 5. The van der Waals surface area contributed by atoms with Crippen molar-refractivity contribution in [3.63, 3.8) is 0 Å². The standard InChI is InChI=1S/C30H33FN6O4/c1-17(2)37-26-12-9-19(14-22(26)28(39)36(30(37)41)16-18-7-8-18)27(38)34-24-5-3-4-6-25(24)35-29(40)33-21-10-11-23(31)20(13-21)15-32/h9-14,17-18,24-25H,3-8,16H2,1-2H3,(H,34,38)(H2,33,35,40)/t24-,25-/m0/s1. The average molecular weight is 561 g/mol. The van der Waals surface area contributed by atoms with Crippen molar-refractivity contribution in [2.24, 2.45) is 5.92 Å². The number of hydrogen-bond donors (Lipinski definition) is 3. The number of carbonyl (C=O) groups is 2. The van der Waals surface area contributed by atoms with Gasteiger partial charge in [0.05, 0.1) is 22.5 Å². The number of nitrogens with zero attached hydrogens (tertiary/aromatic N) is 3. The summed E-state index contributed by atoms with van der Waals surface area (Å²) in [7, 11) is 0. The van der Waals surface area contributed by atoms with E-state index < -0.39 is 17.4 Å². The molecule has 214 valence electrons. The third kappa shape index (κ3) is 6.01. The fourth-order valence-electron chi connectivity index (χ4n) is 5.50. The topological polar surface area (TPSA) is 138 Å². The lowest BCUT2D eigenvalue weighted by Crippen LogP contribution is -2.54. The molecule has 0 bridgehead atoms. The van der Waals surface area contributed by atoms with E-state index >= 15 is 0 Å². The van der Waals surface area contributed by atoms with Gasteiger partial charge in [0.1, 0.15) is 11.9 Å². The SMILES string of the molecule is CC(C)n1c(=O)n(CC2CC2)c(=O)c2cc(C(=O)N[C@H]3CCCC[C@@H]3NC(=O)Nc3ccc(F)c(C#N)c3)ccc21. The number of nitriles is 1. The molecule has 2 atom stereocenters. The van der Waals surface area contributed by atoms with Crippen LogP contribution in [0, 0.1) is 23.1 Å². The largest absolute Gasteiger partial charge is 0.347 e. The van der Waals surface area contributed by atoms with Gasteiger partial charge in [-0.3, -0.25) is 18.7 Å². The zero-order chi connectivity index (χ0) is 29.3. The fourth-order valence-corrected chi connectivity index (χ4v) is 5.50. The van der Waals surface area contributed by atoms with E-state index in [1.165, 1.54) is 16.7 Å². The van der Waals surface area contributed by atoms with Crippen LogP contribution in [0.25, 0.3) is 10.9 Å². The smallest absolute Gasteiger partial charge is 0.331 e. The van der Waals surface area contributed by atoms with Crippen molar-refractivity contribution in [3.8, 4) is 6.07 Å². The van der Waals surface area contributed by atoms with E-state index in [0.717, 1.165) is 31.7 Å². The Morgan fingerprint density at radius 2 is 1.73 bits per heavy atom. The van der Waals surface area contributed by atoms with E-state index in [-0.39, 0.29) is 41.0 Å². The molecule has 2 aliphatic carbocycles. The van der Waals surface area contributed by atoms with E-state index in [1.807, 2.05) is 13.8 Å². The summed E-state index contributed by atoms with van der Waals surface area (Å²) in [6, 6.07) is 8.89. The highest BCUT2D eigenvalue weighted by Crippen LogP contribution is 2.30. The average Bonchev–Trinajstić information content (AvgIpc) is 3.77. The summed E-state index contributed by atoms with van der Waals surface area (Å²) in [6.07, 6.45) is 5.03. The van der Waals surface area contributed by atoms with Crippen LogP contribution in [-0.2, 0) is 6.54 Å². The number of rotatable bonds is 7. The lowest BCUT2D eigenvalue weighted by atomic mass is 9.90. The molecule has 2 fully saturated rings. The molecular formula is C30H33FN6O4. The molecule has 0 unspecified atom stereocenters. The van der Waals surface area contributed by atoms with Gasteiger partial charge in [0.2, 0.25) is 0 Å². The molecule has 0 radical (unpaired) electrons. The molecule has 5 rings (SSSR count). The maximum absolute atomic E-state index is 13.6. The van der Waals surface area contributed by atoms with Crippen molar-refractivity contribution >= 4 is 28.5 Å². The summed E-state index contributed by atoms with van der Waals surface area (Å²) in [5.41, 5.74) is 0.169. The first-order chi connectivity index (χ1) is 19.7. The van der Waals surface area contributed by atoms with E-state index in [0.29, 0.717) is 41.8 Å². The summed E-state index contributed by atoms with van der Waals surface area (Å²) in [4.78, 5) is 52.6. The van der Waals surface area contributed by atoms with Crippen molar-refractivity contribution < 1.29 is 14.0 Å². The molecule has 0 saturated heterocycles. The number of amides is 3. The maximum Gasteiger partial charge on any atom is 0.331 e. The van der Waals surface area contributed by atoms with Crippen LogP contribution < -0.4 is 27.2 Å². The molecule has 2 aliphatic rings. The monoisotopic (exact) mass is 560 g/mol. The lowest BCUT2D eigenvalue weighted by molar-refractivity contribution is 0.0916. The Bertz CT molecular complexity index is 1670. The molecule has 11 heteroatoms. The molecule has 0 aliphatic heterocycles. The van der Waals surface area contributed by atoms with Gasteiger partial charge < -0.3 is 16.0 Å². The number of benzene rings is 2. The highest BCUT2D eigenvalue weighted by atomic mass is 19.1. The third-order valence-electron chi connectivity index (χ3n) is 7.83. The van der Waals surface area contributed by atoms with Crippen LogP contribution in [-0.4, -0.2) is 33.2 Å². The van der Waals surface area contributed by atoms with Crippen LogP contribution >= 0.6 is 0 Å². The Balaban J connectivity index is 1.34. The molecule has 41 heavy (non-hydrogen) atoms. The minimum absolute atomic E-state index is 0.169. The Labute approximate surface area is 236 Å². The molecule has 3 amide bonds. The summed E-state index contributed by atoms with van der Waals surface area (Å²) in [5.74, 6) is -0.718. The molecule has 2 aromatic carbocycles. The summed E-state index contributed by atoms with van der Waals surface area (Å²) >= 11 is 0. The second kappa shape index (κ2) is 11.6. The van der Waals surface area contributed by atoms with Gasteiger partial charge in [0.15, 0.2) is 0 Å². The quantitative estimate of drug-likeness (QED) is 0.401. The Morgan fingerprint density at radius 3 is 2.39 bits per heavy atom. The van der Waals surface area contributed by atoms with Crippen molar-refractivity contribution in [2.75, 3.05) is 5.32 Å². The van der Waals surface area contributed by atoms with Gasteiger partial charge in [0, 0.05) is 29.9 Å². The van der Waals surface area contributed by atoms with Gasteiger partial charge in [-0.15, -0.1) is 0 Å². The Morgan fingerprint density at radius 1 is 1.02 bits per heavy atom. The van der Waals surface area contributed by atoms with Crippen LogP contribution in [0.15, 0.2) is 46.0 Å². The Hall–Kier alpha value is -4.46. The van der Waals surface area contributed by atoms with Gasteiger partial charge in [-0.25, -0.2) is 14.0 Å². The Kier molecular flexibility index (Phi) is 7.92. The molecule has 2 saturated carbocycles. The highest BCUT2D eigenvalue weighted by molar-refractivity contribution is 5.98. The van der Waals surface area contributed by atoms with Gasteiger partial charge in [-0.1, -0.05) is 12.8 Å². The zero-order valence-electron chi connectivity index (χ0n) is 23.1. The van der Waals surface area contributed by atoms with Gasteiger partial charge in [-0.05, 0) is 81.8 Å².